The fourth-order valence-corrected chi connectivity index (χ4v) is 2.37. The Bertz CT molecular complexity index is 849. The summed E-state index contributed by atoms with van der Waals surface area (Å²) in [6.45, 7) is 6.57. The Balaban J connectivity index is 1.76. The second-order valence-corrected chi connectivity index (χ2v) is 5.46. The van der Waals surface area contributed by atoms with Crippen molar-refractivity contribution in [2.45, 2.75) is 6.92 Å². The number of rotatable bonds is 7. The van der Waals surface area contributed by atoms with Crippen LogP contribution in [0.1, 0.15) is 18.1 Å². The molecule has 0 saturated heterocycles. The van der Waals surface area contributed by atoms with Crippen molar-refractivity contribution < 1.29 is 19.0 Å². The maximum Gasteiger partial charge on any atom is 0.363 e. The molecule has 3 rings (SSSR count). The number of esters is 1. The number of ether oxygens (including phenoxy) is 3. The monoisotopic (exact) mass is 349 g/mol. The van der Waals surface area contributed by atoms with E-state index in [1.54, 1.807) is 12.2 Å². The molecule has 1 heterocycles. The Hall–Kier alpha value is -3.34. The van der Waals surface area contributed by atoms with Gasteiger partial charge in [0.2, 0.25) is 5.90 Å². The summed E-state index contributed by atoms with van der Waals surface area (Å²) >= 11 is 0. The topological polar surface area (TPSA) is 57.1 Å². The van der Waals surface area contributed by atoms with Gasteiger partial charge in [-0.3, -0.25) is 0 Å². The van der Waals surface area contributed by atoms with Crippen LogP contribution in [0.25, 0.3) is 6.08 Å². The molecule has 132 valence electrons. The van der Waals surface area contributed by atoms with Crippen LogP contribution in [-0.4, -0.2) is 25.1 Å². The normalized spacial score (nSPS) is 14.7. The van der Waals surface area contributed by atoms with Gasteiger partial charge in [0.15, 0.2) is 5.70 Å². The third kappa shape index (κ3) is 4.19. The van der Waals surface area contributed by atoms with Gasteiger partial charge in [0.1, 0.15) is 18.1 Å². The molecule has 26 heavy (non-hydrogen) atoms. The summed E-state index contributed by atoms with van der Waals surface area (Å²) in [6, 6.07) is 14.6. The zero-order valence-electron chi connectivity index (χ0n) is 14.5. The summed E-state index contributed by atoms with van der Waals surface area (Å²) < 4.78 is 16.1. The maximum absolute atomic E-state index is 12.1. The first-order chi connectivity index (χ1) is 12.7. The third-order valence-electron chi connectivity index (χ3n) is 3.58. The van der Waals surface area contributed by atoms with E-state index in [-0.39, 0.29) is 11.6 Å². The molecule has 1 aliphatic rings. The summed E-state index contributed by atoms with van der Waals surface area (Å²) in [6.07, 6.45) is 3.36. The van der Waals surface area contributed by atoms with Gasteiger partial charge in [0, 0.05) is 5.56 Å². The van der Waals surface area contributed by atoms with Gasteiger partial charge in [-0.1, -0.05) is 24.8 Å². The van der Waals surface area contributed by atoms with Crippen molar-refractivity contribution in [3.05, 3.63) is 78.0 Å². The Kier molecular flexibility index (Phi) is 5.49. The van der Waals surface area contributed by atoms with Crippen LogP contribution in [0.2, 0.25) is 0 Å². The number of hydrogen-bond donors (Lipinski definition) is 0. The van der Waals surface area contributed by atoms with Gasteiger partial charge in [-0.05, 0) is 55.0 Å². The zero-order valence-corrected chi connectivity index (χ0v) is 14.5. The second-order valence-electron chi connectivity index (χ2n) is 5.46. The predicted octanol–water partition coefficient (Wildman–Crippen LogP) is 3.99. The average Bonchev–Trinajstić information content (AvgIpc) is 3.02. The number of carbonyl (C=O) groups excluding carboxylic acids is 1. The van der Waals surface area contributed by atoms with E-state index in [1.807, 2.05) is 55.5 Å². The van der Waals surface area contributed by atoms with E-state index in [4.69, 9.17) is 14.2 Å². The number of cyclic esters (lactones) is 1. The van der Waals surface area contributed by atoms with Gasteiger partial charge >= 0.3 is 5.97 Å². The first-order valence-electron chi connectivity index (χ1n) is 8.29. The lowest BCUT2D eigenvalue weighted by Gasteiger charge is -2.03. The van der Waals surface area contributed by atoms with E-state index in [9.17, 15) is 4.79 Å². The molecule has 1 aliphatic heterocycles. The molecule has 0 atom stereocenters. The number of benzene rings is 2. The van der Waals surface area contributed by atoms with Crippen LogP contribution in [-0.2, 0) is 9.53 Å². The van der Waals surface area contributed by atoms with Crippen molar-refractivity contribution in [2.75, 3.05) is 13.2 Å². The standard InChI is InChI=1S/C21H19NO4/c1-3-13-25-18-9-5-15(6-10-18)14-19-21(23)26-20(22-19)16-7-11-17(12-8-16)24-4-2/h3,5-12,14H,1,4,13H2,2H3/b19-14-. The third-order valence-corrected chi connectivity index (χ3v) is 3.58. The number of aliphatic imine (C=N–C) groups is 1. The Morgan fingerprint density at radius 1 is 1.04 bits per heavy atom. The van der Waals surface area contributed by atoms with Crippen molar-refractivity contribution >= 4 is 17.9 Å². The Morgan fingerprint density at radius 3 is 2.35 bits per heavy atom. The van der Waals surface area contributed by atoms with Crippen molar-refractivity contribution in [1.29, 1.82) is 0 Å². The number of hydrogen-bond acceptors (Lipinski definition) is 5. The molecule has 2 aromatic rings. The molecule has 0 saturated carbocycles. The summed E-state index contributed by atoms with van der Waals surface area (Å²) in [5.41, 5.74) is 1.81. The van der Waals surface area contributed by atoms with E-state index in [0.29, 0.717) is 13.2 Å². The quantitative estimate of drug-likeness (QED) is 0.431. The number of carbonyl (C=O) groups is 1. The van der Waals surface area contributed by atoms with E-state index in [2.05, 4.69) is 11.6 Å². The Morgan fingerprint density at radius 2 is 1.69 bits per heavy atom. The van der Waals surface area contributed by atoms with Gasteiger partial charge in [-0.15, -0.1) is 0 Å². The van der Waals surface area contributed by atoms with Gasteiger partial charge in [-0.25, -0.2) is 9.79 Å². The molecule has 5 nitrogen and oxygen atoms in total. The first kappa shape index (κ1) is 17.5. The molecule has 0 unspecified atom stereocenters. The Labute approximate surface area is 152 Å². The van der Waals surface area contributed by atoms with E-state index < -0.39 is 5.97 Å². The highest BCUT2D eigenvalue weighted by molar-refractivity contribution is 6.12. The summed E-state index contributed by atoms with van der Waals surface area (Å²) in [7, 11) is 0. The largest absolute Gasteiger partial charge is 0.494 e. The highest BCUT2D eigenvalue weighted by Gasteiger charge is 2.24. The molecule has 2 aromatic carbocycles. The van der Waals surface area contributed by atoms with Crippen molar-refractivity contribution in [2.24, 2.45) is 4.99 Å². The van der Waals surface area contributed by atoms with E-state index in [0.717, 1.165) is 22.6 Å². The maximum atomic E-state index is 12.1. The van der Waals surface area contributed by atoms with E-state index in [1.165, 1.54) is 0 Å². The lowest BCUT2D eigenvalue weighted by molar-refractivity contribution is -0.129. The molecule has 0 aliphatic carbocycles. The van der Waals surface area contributed by atoms with Crippen molar-refractivity contribution in [3.63, 3.8) is 0 Å². The van der Waals surface area contributed by atoms with Crippen LogP contribution >= 0.6 is 0 Å². The SMILES string of the molecule is C=CCOc1ccc(/C=C2\N=C(c3ccc(OCC)cc3)OC2=O)cc1. The minimum Gasteiger partial charge on any atom is -0.494 e. The van der Waals surface area contributed by atoms with Crippen LogP contribution in [0.3, 0.4) is 0 Å². The van der Waals surface area contributed by atoms with Crippen molar-refractivity contribution in [3.8, 4) is 11.5 Å². The summed E-state index contributed by atoms with van der Waals surface area (Å²) in [4.78, 5) is 16.4. The lowest BCUT2D eigenvalue weighted by atomic mass is 10.2. The van der Waals surface area contributed by atoms with E-state index >= 15 is 0 Å². The fraction of sp³-hybridized carbons (Fsp3) is 0.143. The first-order valence-corrected chi connectivity index (χ1v) is 8.29. The molecule has 0 amide bonds. The van der Waals surface area contributed by atoms with Crippen LogP contribution in [0, 0.1) is 0 Å². The minimum atomic E-state index is -0.471. The molecule has 5 heteroatoms. The molecular formula is C21H19NO4. The lowest BCUT2D eigenvalue weighted by Crippen LogP contribution is -2.05. The van der Waals surface area contributed by atoms with Crippen molar-refractivity contribution in [1.82, 2.24) is 0 Å². The second kappa shape index (κ2) is 8.16. The van der Waals surface area contributed by atoms with Crippen LogP contribution in [0.4, 0.5) is 0 Å². The summed E-state index contributed by atoms with van der Waals surface area (Å²) in [5, 5.41) is 0. The summed E-state index contributed by atoms with van der Waals surface area (Å²) in [5.74, 6) is 1.31. The van der Waals surface area contributed by atoms with Gasteiger partial charge in [0.05, 0.1) is 6.61 Å². The van der Waals surface area contributed by atoms with Gasteiger partial charge in [0.25, 0.3) is 0 Å². The molecule has 0 radical (unpaired) electrons. The smallest absolute Gasteiger partial charge is 0.363 e. The zero-order chi connectivity index (χ0) is 18.4. The molecule has 0 fully saturated rings. The van der Waals surface area contributed by atoms with Crippen LogP contribution in [0.5, 0.6) is 11.5 Å². The predicted molar refractivity (Wildman–Crippen MR) is 100 cm³/mol. The van der Waals surface area contributed by atoms with Gasteiger partial charge < -0.3 is 14.2 Å². The van der Waals surface area contributed by atoms with Gasteiger partial charge in [-0.2, -0.15) is 0 Å². The molecule has 0 bridgehead atoms. The highest BCUT2D eigenvalue weighted by atomic mass is 16.6. The minimum absolute atomic E-state index is 0.258. The average molecular weight is 349 g/mol. The molecule has 0 N–H and O–H groups in total. The molecule has 0 spiro atoms. The van der Waals surface area contributed by atoms with Crippen LogP contribution < -0.4 is 9.47 Å². The molecular weight excluding hydrogens is 330 g/mol. The number of nitrogens with zero attached hydrogens (tertiary/aromatic N) is 1. The fourth-order valence-electron chi connectivity index (χ4n) is 2.37. The highest BCUT2D eigenvalue weighted by Crippen LogP contribution is 2.22. The molecule has 0 aromatic heterocycles. The van der Waals surface area contributed by atoms with Crippen LogP contribution in [0.15, 0.2) is 71.9 Å².